The molecule has 0 spiro atoms. The Morgan fingerprint density at radius 3 is 3.00 bits per heavy atom. The Morgan fingerprint density at radius 1 is 1.55 bits per heavy atom. The van der Waals surface area contributed by atoms with Crippen LogP contribution in [0.1, 0.15) is 6.42 Å². The van der Waals surface area contributed by atoms with Crippen molar-refractivity contribution in [1.82, 2.24) is 10.3 Å². The highest BCUT2D eigenvalue weighted by Gasteiger charge is 2.35. The molecule has 2 aliphatic rings. The van der Waals surface area contributed by atoms with Gasteiger partial charge in [-0.15, -0.1) is 0 Å². The molecule has 0 aromatic heterocycles. The molecule has 6 heteroatoms. The van der Waals surface area contributed by atoms with E-state index >= 15 is 0 Å². The maximum atomic E-state index is 12.5. The predicted octanol–water partition coefficient (Wildman–Crippen LogP) is 0.175. The van der Waals surface area contributed by atoms with E-state index in [9.17, 15) is 9.59 Å². The summed E-state index contributed by atoms with van der Waals surface area (Å²) in [6.07, 6.45) is 6.33. The zero-order valence-electron chi connectivity index (χ0n) is 11.5. The van der Waals surface area contributed by atoms with E-state index in [-0.39, 0.29) is 17.9 Å². The number of nitrogens with one attached hydrogen (secondary N) is 1. The number of amides is 1. The number of likely N-dealkylation sites (tertiary alicyclic amines) is 1. The Hall–Kier alpha value is -2.24. The van der Waals surface area contributed by atoms with Gasteiger partial charge in [-0.1, -0.05) is 12.7 Å². The Bertz CT molecular complexity index is 507. The van der Waals surface area contributed by atoms with E-state index in [4.69, 9.17) is 0 Å². The fourth-order valence-electron chi connectivity index (χ4n) is 2.57. The van der Waals surface area contributed by atoms with E-state index in [0.29, 0.717) is 24.4 Å². The minimum Gasteiger partial charge on any atom is -0.336 e. The number of hydrogen-bond donors (Lipinski definition) is 1. The van der Waals surface area contributed by atoms with Crippen LogP contribution in [0.4, 0.5) is 0 Å². The first-order valence-electron chi connectivity index (χ1n) is 6.52. The maximum Gasteiger partial charge on any atom is 0.255 e. The van der Waals surface area contributed by atoms with Crippen molar-refractivity contribution in [2.75, 3.05) is 20.1 Å². The largest absolute Gasteiger partial charge is 0.336 e. The molecule has 106 valence electrons. The molecule has 20 heavy (non-hydrogen) atoms. The number of hydrogen-bond acceptors (Lipinski definition) is 5. The summed E-state index contributed by atoms with van der Waals surface area (Å²) in [7, 11) is 1.62. The first-order chi connectivity index (χ1) is 9.69. The average molecular weight is 274 g/mol. The Labute approximate surface area is 117 Å². The summed E-state index contributed by atoms with van der Waals surface area (Å²) in [5, 5.41) is 4.05. The summed E-state index contributed by atoms with van der Waals surface area (Å²) in [4.78, 5) is 29.0. The Morgan fingerprint density at radius 2 is 2.35 bits per heavy atom. The van der Waals surface area contributed by atoms with Crippen LogP contribution in [0.15, 0.2) is 34.4 Å². The normalized spacial score (nSPS) is 25.9. The van der Waals surface area contributed by atoms with Crippen LogP contribution >= 0.6 is 0 Å². The molecule has 0 radical (unpaired) electrons. The number of hydrazone groups is 1. The molecule has 1 N–H and O–H groups in total. The van der Waals surface area contributed by atoms with Gasteiger partial charge >= 0.3 is 0 Å². The minimum atomic E-state index is -0.0980. The van der Waals surface area contributed by atoms with Crippen molar-refractivity contribution in [2.45, 2.75) is 12.5 Å². The van der Waals surface area contributed by atoms with Crippen LogP contribution in [0.5, 0.6) is 0 Å². The molecular formula is C14H18N4O2. The lowest BCUT2D eigenvalue weighted by Gasteiger charge is -2.40. The van der Waals surface area contributed by atoms with E-state index in [1.165, 1.54) is 6.21 Å². The van der Waals surface area contributed by atoms with Crippen molar-refractivity contribution in [2.24, 2.45) is 16.0 Å². The third-order valence-corrected chi connectivity index (χ3v) is 3.47. The number of fused-ring (bicyclic) bond motifs is 2. The van der Waals surface area contributed by atoms with Crippen LogP contribution in [0.2, 0.25) is 0 Å². The van der Waals surface area contributed by atoms with E-state index in [1.807, 2.05) is 0 Å². The lowest BCUT2D eigenvalue weighted by molar-refractivity contribution is -0.128. The monoisotopic (exact) mass is 274 g/mol. The van der Waals surface area contributed by atoms with Crippen molar-refractivity contribution < 1.29 is 9.59 Å². The van der Waals surface area contributed by atoms with Gasteiger partial charge in [0.25, 0.3) is 5.91 Å². The van der Waals surface area contributed by atoms with Gasteiger partial charge in [0.2, 0.25) is 0 Å². The molecule has 2 unspecified atom stereocenters. The van der Waals surface area contributed by atoms with Gasteiger partial charge in [0, 0.05) is 32.3 Å². The number of piperidine rings is 1. The van der Waals surface area contributed by atoms with Crippen LogP contribution < -0.4 is 5.43 Å². The third-order valence-electron chi connectivity index (χ3n) is 3.47. The zero-order valence-corrected chi connectivity index (χ0v) is 11.5. The molecule has 2 aliphatic heterocycles. The summed E-state index contributed by atoms with van der Waals surface area (Å²) in [5.41, 5.74) is 3.90. The van der Waals surface area contributed by atoms with Gasteiger partial charge in [-0.25, -0.2) is 0 Å². The van der Waals surface area contributed by atoms with Gasteiger partial charge in [0.05, 0.1) is 11.6 Å². The molecule has 0 aromatic rings. The quantitative estimate of drug-likeness (QED) is 0.344. The molecule has 2 atom stereocenters. The van der Waals surface area contributed by atoms with Gasteiger partial charge < -0.3 is 10.3 Å². The topological polar surface area (TPSA) is 74.1 Å². The second kappa shape index (κ2) is 6.27. The molecule has 0 saturated carbocycles. The summed E-state index contributed by atoms with van der Waals surface area (Å²) in [6.45, 7) is 4.70. The average Bonchev–Trinajstić information content (AvgIpc) is 2.46. The fourth-order valence-corrected chi connectivity index (χ4v) is 2.57. The van der Waals surface area contributed by atoms with Gasteiger partial charge in [0.1, 0.15) is 5.71 Å². The van der Waals surface area contributed by atoms with Gasteiger partial charge in [0.15, 0.2) is 6.29 Å². The standard InChI is InChI=1S/C14H18N4O2/c1-3-4-10(6-15-2)14(20)18-7-11-5-12(8-18)16-17-13(11)9-19/h3-4,6,9,11-12,16H,1,5,7-8H2,2H3/b10-4+,15-6?. The summed E-state index contributed by atoms with van der Waals surface area (Å²) < 4.78 is 0. The van der Waals surface area contributed by atoms with Gasteiger partial charge in [-0.05, 0) is 12.5 Å². The van der Waals surface area contributed by atoms with Crippen molar-refractivity contribution >= 4 is 24.1 Å². The van der Waals surface area contributed by atoms with Gasteiger partial charge in [-0.3, -0.25) is 14.6 Å². The first-order valence-corrected chi connectivity index (χ1v) is 6.52. The highest BCUT2D eigenvalue weighted by molar-refractivity contribution is 6.29. The second-order valence-corrected chi connectivity index (χ2v) is 4.87. The van der Waals surface area contributed by atoms with Crippen LogP contribution in [0.25, 0.3) is 0 Å². The molecular weight excluding hydrogens is 256 g/mol. The van der Waals surface area contributed by atoms with E-state index < -0.39 is 0 Å². The lowest BCUT2D eigenvalue weighted by atomic mass is 9.89. The smallest absolute Gasteiger partial charge is 0.255 e. The van der Waals surface area contributed by atoms with Gasteiger partial charge in [-0.2, -0.15) is 5.10 Å². The highest BCUT2D eigenvalue weighted by Crippen LogP contribution is 2.22. The SMILES string of the molecule is C=C/C=C(\C=NC)C(=O)N1CC2CC(C1)C(C=O)=NN2. The number of rotatable bonds is 4. The molecule has 2 rings (SSSR count). The van der Waals surface area contributed by atoms with E-state index in [1.54, 1.807) is 24.1 Å². The Balaban J connectivity index is 2.16. The summed E-state index contributed by atoms with van der Waals surface area (Å²) in [5.74, 6) is -0.0841. The van der Waals surface area contributed by atoms with Crippen LogP contribution in [-0.2, 0) is 9.59 Å². The first kappa shape index (κ1) is 14.2. The number of carbonyl (C=O) groups excluding carboxylic acids is 2. The number of nitrogens with zero attached hydrogens (tertiary/aromatic N) is 3. The van der Waals surface area contributed by atoms with Crippen LogP contribution in [0, 0.1) is 5.92 Å². The highest BCUT2D eigenvalue weighted by atomic mass is 16.2. The number of carbonyl (C=O) groups is 2. The maximum absolute atomic E-state index is 12.5. The molecule has 1 saturated heterocycles. The number of allylic oxidation sites excluding steroid dienone is 2. The number of aliphatic imine (C=N–C) groups is 1. The van der Waals surface area contributed by atoms with Crippen molar-refractivity contribution in [3.63, 3.8) is 0 Å². The molecule has 2 heterocycles. The van der Waals surface area contributed by atoms with E-state index in [2.05, 4.69) is 22.1 Å². The van der Waals surface area contributed by atoms with Crippen LogP contribution in [0.3, 0.4) is 0 Å². The lowest BCUT2D eigenvalue weighted by Crippen LogP contribution is -2.55. The van der Waals surface area contributed by atoms with E-state index in [0.717, 1.165) is 12.7 Å². The number of aldehydes is 1. The molecule has 1 fully saturated rings. The molecule has 0 aromatic carbocycles. The van der Waals surface area contributed by atoms with Crippen molar-refractivity contribution in [3.05, 3.63) is 24.3 Å². The molecule has 2 bridgehead atoms. The van der Waals surface area contributed by atoms with Crippen molar-refractivity contribution in [3.8, 4) is 0 Å². The summed E-state index contributed by atoms with van der Waals surface area (Å²) in [6, 6.07) is 0.102. The summed E-state index contributed by atoms with van der Waals surface area (Å²) >= 11 is 0. The Kier molecular flexibility index (Phi) is 4.45. The predicted molar refractivity (Wildman–Crippen MR) is 77.8 cm³/mol. The third kappa shape index (κ3) is 2.84. The molecule has 6 nitrogen and oxygen atoms in total. The van der Waals surface area contributed by atoms with Crippen molar-refractivity contribution in [1.29, 1.82) is 0 Å². The fraction of sp³-hybridized carbons (Fsp3) is 0.429. The zero-order chi connectivity index (χ0) is 14.5. The molecule has 0 aliphatic carbocycles. The molecule has 1 amide bonds. The minimum absolute atomic E-state index is 0.0139. The second-order valence-electron chi connectivity index (χ2n) is 4.87. The van der Waals surface area contributed by atoms with Crippen LogP contribution in [-0.4, -0.2) is 55.2 Å².